The minimum absolute atomic E-state index is 0.00479. The van der Waals surface area contributed by atoms with E-state index in [4.69, 9.17) is 9.47 Å². The fraction of sp³-hybridized carbons (Fsp3) is 0.359. The molecule has 1 aliphatic heterocycles. The summed E-state index contributed by atoms with van der Waals surface area (Å²) >= 11 is 0. The van der Waals surface area contributed by atoms with Crippen LogP contribution in [0, 0.1) is 5.92 Å². The highest BCUT2D eigenvalue weighted by molar-refractivity contribution is 5.86. The van der Waals surface area contributed by atoms with Crippen molar-refractivity contribution >= 4 is 17.8 Å². The normalized spacial score (nSPS) is 15.1. The predicted octanol–water partition coefficient (Wildman–Crippen LogP) is 5.72. The molecular formula is C39H46N2O6. The molecule has 0 aromatic heterocycles. The Morgan fingerprint density at radius 1 is 0.936 bits per heavy atom. The molecule has 0 bridgehead atoms. The number of aliphatic hydroxyl groups excluding tert-OH is 1. The molecule has 0 saturated carbocycles. The van der Waals surface area contributed by atoms with E-state index in [-0.39, 0.29) is 49.9 Å². The van der Waals surface area contributed by atoms with E-state index in [1.54, 1.807) is 17.1 Å². The van der Waals surface area contributed by atoms with E-state index in [0.717, 1.165) is 28.0 Å². The molecule has 1 heterocycles. The van der Waals surface area contributed by atoms with Gasteiger partial charge in [-0.25, -0.2) is 0 Å². The second-order valence-electron chi connectivity index (χ2n) is 11.9. The van der Waals surface area contributed by atoms with Crippen LogP contribution in [0.15, 0.2) is 104 Å². The van der Waals surface area contributed by atoms with Crippen LogP contribution in [0.3, 0.4) is 0 Å². The van der Waals surface area contributed by atoms with Crippen molar-refractivity contribution in [2.45, 2.75) is 70.2 Å². The first kappa shape index (κ1) is 35.2. The van der Waals surface area contributed by atoms with Crippen LogP contribution in [-0.2, 0) is 45.1 Å². The summed E-state index contributed by atoms with van der Waals surface area (Å²) in [6, 6.07) is 24.6. The zero-order chi connectivity index (χ0) is 33.4. The first-order chi connectivity index (χ1) is 22.9. The second kappa shape index (κ2) is 18.5. The Labute approximate surface area is 278 Å². The van der Waals surface area contributed by atoms with Gasteiger partial charge < -0.3 is 24.8 Å². The maximum absolute atomic E-state index is 13.7. The van der Waals surface area contributed by atoms with Crippen molar-refractivity contribution in [1.29, 1.82) is 0 Å². The number of benzene rings is 3. The lowest BCUT2D eigenvalue weighted by atomic mass is 9.92. The molecular weight excluding hydrogens is 592 g/mol. The van der Waals surface area contributed by atoms with Crippen molar-refractivity contribution in [1.82, 2.24) is 10.2 Å². The van der Waals surface area contributed by atoms with Gasteiger partial charge in [0.25, 0.3) is 0 Å². The number of unbranched alkanes of at least 4 members (excludes halogenated alkanes) is 1. The van der Waals surface area contributed by atoms with Gasteiger partial charge in [0.05, 0.1) is 24.6 Å². The van der Waals surface area contributed by atoms with E-state index in [2.05, 4.69) is 18.5 Å². The molecule has 0 saturated heterocycles. The van der Waals surface area contributed by atoms with Crippen LogP contribution in [0.1, 0.15) is 54.4 Å². The number of esters is 1. The molecule has 4 rings (SSSR count). The number of carbonyl (C=O) groups is 3. The zero-order valence-corrected chi connectivity index (χ0v) is 27.0. The van der Waals surface area contributed by atoms with Gasteiger partial charge in [-0.1, -0.05) is 78.9 Å². The molecule has 3 aromatic rings. The molecule has 0 radical (unpaired) electrons. The third-order valence-corrected chi connectivity index (χ3v) is 8.36. The van der Waals surface area contributed by atoms with Crippen LogP contribution in [-0.4, -0.2) is 53.1 Å². The monoisotopic (exact) mass is 638 g/mol. The summed E-state index contributed by atoms with van der Waals surface area (Å²) in [5.74, 6) is -0.799. The van der Waals surface area contributed by atoms with E-state index >= 15 is 0 Å². The van der Waals surface area contributed by atoms with Crippen LogP contribution in [0.25, 0.3) is 0 Å². The SMILES string of the molecule is C=CCCCC(=O)OCC(Cc1ccc(OCc2ccccc2)cc1)NC(=O)C(CC=C)CC(=O)N1Cc2ccccc2CC1CO. The molecule has 3 aromatic carbocycles. The molecule has 1 aliphatic rings. The Balaban J connectivity index is 1.41. The summed E-state index contributed by atoms with van der Waals surface area (Å²) in [6.45, 7) is 8.18. The fourth-order valence-corrected chi connectivity index (χ4v) is 5.73. The molecule has 0 aliphatic carbocycles. The van der Waals surface area contributed by atoms with Crippen molar-refractivity contribution in [3.8, 4) is 5.75 Å². The highest BCUT2D eigenvalue weighted by atomic mass is 16.5. The number of nitrogens with one attached hydrogen (secondary N) is 1. The van der Waals surface area contributed by atoms with E-state index in [1.807, 2.05) is 78.9 Å². The molecule has 3 unspecified atom stereocenters. The Kier molecular flexibility index (Phi) is 13.8. The number of nitrogens with zero attached hydrogens (tertiary/aromatic N) is 1. The third kappa shape index (κ3) is 11.0. The largest absolute Gasteiger partial charge is 0.489 e. The molecule has 47 heavy (non-hydrogen) atoms. The molecule has 0 spiro atoms. The first-order valence-corrected chi connectivity index (χ1v) is 16.3. The summed E-state index contributed by atoms with van der Waals surface area (Å²) in [4.78, 5) is 41.4. The average Bonchev–Trinajstić information content (AvgIpc) is 3.10. The van der Waals surface area contributed by atoms with Crippen molar-refractivity contribution in [3.63, 3.8) is 0 Å². The summed E-state index contributed by atoms with van der Waals surface area (Å²) in [5, 5.41) is 13.1. The smallest absolute Gasteiger partial charge is 0.305 e. The van der Waals surface area contributed by atoms with Gasteiger partial charge >= 0.3 is 5.97 Å². The Bertz CT molecular complexity index is 1470. The molecule has 0 fully saturated rings. The molecule has 2 N–H and O–H groups in total. The van der Waals surface area contributed by atoms with Gasteiger partial charge in [-0.2, -0.15) is 0 Å². The van der Waals surface area contributed by atoms with Gasteiger partial charge in [0.1, 0.15) is 19.0 Å². The van der Waals surface area contributed by atoms with Gasteiger partial charge in [-0.15, -0.1) is 13.2 Å². The highest BCUT2D eigenvalue weighted by Gasteiger charge is 2.32. The van der Waals surface area contributed by atoms with Crippen LogP contribution in [0.5, 0.6) is 5.75 Å². The standard InChI is InChI=1S/C39H46N2O6/c1-3-5-7-17-38(44)47-28-34(22-29-18-20-36(21-19-29)46-27-30-13-8-6-9-14-30)40-39(45)32(12-4-2)24-37(43)41-25-33-16-11-10-15-31(33)23-35(41)26-42/h3-4,6,8-11,13-16,18-21,32,34-35,42H,1-2,5,7,12,17,22-28H2,(H,40,45). The second-order valence-corrected chi connectivity index (χ2v) is 11.9. The lowest BCUT2D eigenvalue weighted by Crippen LogP contribution is -2.48. The van der Waals surface area contributed by atoms with E-state index in [9.17, 15) is 19.5 Å². The van der Waals surface area contributed by atoms with Gasteiger partial charge in [-0.05, 0) is 66.5 Å². The highest BCUT2D eigenvalue weighted by Crippen LogP contribution is 2.25. The van der Waals surface area contributed by atoms with Crippen molar-refractivity contribution < 1.29 is 29.0 Å². The van der Waals surface area contributed by atoms with Gasteiger partial charge in [0.15, 0.2) is 0 Å². The maximum atomic E-state index is 13.7. The topological polar surface area (TPSA) is 105 Å². The van der Waals surface area contributed by atoms with E-state index in [0.29, 0.717) is 45.3 Å². The minimum atomic E-state index is -0.670. The molecule has 2 amide bonds. The van der Waals surface area contributed by atoms with Gasteiger partial charge in [0, 0.05) is 19.4 Å². The van der Waals surface area contributed by atoms with Gasteiger partial charge in [-0.3, -0.25) is 14.4 Å². The van der Waals surface area contributed by atoms with Crippen molar-refractivity contribution in [2.75, 3.05) is 13.2 Å². The third-order valence-electron chi connectivity index (χ3n) is 8.36. The van der Waals surface area contributed by atoms with E-state index < -0.39 is 12.0 Å². The Morgan fingerprint density at radius 3 is 2.36 bits per heavy atom. The molecule has 3 atom stereocenters. The predicted molar refractivity (Wildman–Crippen MR) is 182 cm³/mol. The molecule has 248 valence electrons. The first-order valence-electron chi connectivity index (χ1n) is 16.3. The number of ether oxygens (including phenoxy) is 2. The number of amides is 2. The lowest BCUT2D eigenvalue weighted by Gasteiger charge is -2.36. The molecule has 8 heteroatoms. The Hall–Kier alpha value is -4.69. The quantitative estimate of drug-likeness (QED) is 0.105. The maximum Gasteiger partial charge on any atom is 0.305 e. The fourth-order valence-electron chi connectivity index (χ4n) is 5.73. The van der Waals surface area contributed by atoms with Crippen molar-refractivity contribution in [3.05, 3.63) is 126 Å². The van der Waals surface area contributed by atoms with Crippen LogP contribution >= 0.6 is 0 Å². The number of fused-ring (bicyclic) bond motifs is 1. The number of hydrogen-bond acceptors (Lipinski definition) is 6. The van der Waals surface area contributed by atoms with E-state index in [1.165, 1.54) is 0 Å². The van der Waals surface area contributed by atoms with Crippen LogP contribution in [0.2, 0.25) is 0 Å². The number of carbonyl (C=O) groups excluding carboxylic acids is 3. The summed E-state index contributed by atoms with van der Waals surface area (Å²) in [7, 11) is 0. The van der Waals surface area contributed by atoms with Crippen LogP contribution < -0.4 is 10.1 Å². The zero-order valence-electron chi connectivity index (χ0n) is 27.0. The lowest BCUT2D eigenvalue weighted by molar-refractivity contribution is -0.145. The number of rotatable bonds is 18. The Morgan fingerprint density at radius 2 is 1.66 bits per heavy atom. The van der Waals surface area contributed by atoms with Crippen molar-refractivity contribution in [2.24, 2.45) is 5.92 Å². The number of hydrogen-bond donors (Lipinski definition) is 2. The molecule has 8 nitrogen and oxygen atoms in total. The summed E-state index contributed by atoms with van der Waals surface area (Å²) < 4.78 is 11.5. The van der Waals surface area contributed by atoms with Crippen LogP contribution in [0.4, 0.5) is 0 Å². The summed E-state index contributed by atoms with van der Waals surface area (Å²) in [5.41, 5.74) is 4.16. The average molecular weight is 639 g/mol. The minimum Gasteiger partial charge on any atom is -0.489 e. The number of aliphatic hydroxyl groups is 1. The number of allylic oxidation sites excluding steroid dienone is 2. The van der Waals surface area contributed by atoms with Gasteiger partial charge in [0.2, 0.25) is 11.8 Å². The summed E-state index contributed by atoms with van der Waals surface area (Å²) in [6.07, 6.45) is 6.26.